The summed E-state index contributed by atoms with van der Waals surface area (Å²) in [5, 5.41) is 20.9. The van der Waals surface area contributed by atoms with E-state index in [1.54, 1.807) is 11.9 Å². The first-order valence-electron chi connectivity index (χ1n) is 6.18. The molecule has 2 amide bonds. The third kappa shape index (κ3) is 5.86. The van der Waals surface area contributed by atoms with Crippen molar-refractivity contribution in [2.45, 2.75) is 51.7 Å². The highest BCUT2D eigenvalue weighted by atomic mass is 16.4. The Hall–Kier alpha value is -1.30. The Morgan fingerprint density at radius 3 is 2.22 bits per heavy atom. The lowest BCUT2D eigenvalue weighted by molar-refractivity contribution is -0.141. The molecule has 0 aliphatic rings. The van der Waals surface area contributed by atoms with Crippen molar-refractivity contribution in [1.29, 1.82) is 0 Å². The fourth-order valence-electron chi connectivity index (χ4n) is 1.78. The molecule has 3 N–H and O–H groups in total. The van der Waals surface area contributed by atoms with E-state index in [9.17, 15) is 14.7 Å². The van der Waals surface area contributed by atoms with E-state index in [0.29, 0.717) is 0 Å². The van der Waals surface area contributed by atoms with Gasteiger partial charge in [0.2, 0.25) is 0 Å². The lowest BCUT2D eigenvalue weighted by Gasteiger charge is -2.28. The standard InChI is InChI=1S/C12H24N2O4/c1-5-9(6-2)14(4)11(17)13-8-12(3,18)7-10(15)16/h9,18H,5-8H2,1-4H3,(H,13,17)(H,15,16). The van der Waals surface area contributed by atoms with Crippen LogP contribution in [0.25, 0.3) is 0 Å². The minimum absolute atomic E-state index is 0.0807. The number of rotatable bonds is 7. The van der Waals surface area contributed by atoms with Crippen LogP contribution in [0.15, 0.2) is 0 Å². The average Bonchev–Trinajstić information content (AvgIpc) is 2.25. The van der Waals surface area contributed by atoms with Crippen molar-refractivity contribution in [3.63, 3.8) is 0 Å². The summed E-state index contributed by atoms with van der Waals surface area (Å²) in [7, 11) is 1.69. The number of aliphatic hydroxyl groups is 1. The second-order valence-electron chi connectivity index (χ2n) is 4.81. The summed E-state index contributed by atoms with van der Waals surface area (Å²) in [4.78, 5) is 23.9. The van der Waals surface area contributed by atoms with E-state index in [2.05, 4.69) is 5.32 Å². The smallest absolute Gasteiger partial charge is 0.317 e. The van der Waals surface area contributed by atoms with Crippen LogP contribution in [0, 0.1) is 0 Å². The molecule has 0 aromatic rings. The van der Waals surface area contributed by atoms with Gasteiger partial charge < -0.3 is 20.4 Å². The van der Waals surface area contributed by atoms with Gasteiger partial charge in [0.15, 0.2) is 0 Å². The van der Waals surface area contributed by atoms with E-state index >= 15 is 0 Å². The quantitative estimate of drug-likeness (QED) is 0.638. The molecule has 0 aromatic carbocycles. The van der Waals surface area contributed by atoms with Gasteiger partial charge in [-0.1, -0.05) is 13.8 Å². The maximum atomic E-state index is 11.8. The summed E-state index contributed by atoms with van der Waals surface area (Å²) < 4.78 is 0. The third-order valence-corrected chi connectivity index (χ3v) is 2.96. The first kappa shape index (κ1) is 16.7. The molecular formula is C12H24N2O4. The molecule has 1 unspecified atom stereocenters. The van der Waals surface area contributed by atoms with Crippen molar-refractivity contribution in [2.24, 2.45) is 0 Å². The first-order valence-corrected chi connectivity index (χ1v) is 6.18. The lowest BCUT2D eigenvalue weighted by atomic mass is 10.0. The van der Waals surface area contributed by atoms with E-state index in [-0.39, 0.29) is 18.6 Å². The number of urea groups is 1. The molecule has 1 atom stereocenters. The third-order valence-electron chi connectivity index (χ3n) is 2.96. The molecule has 0 fully saturated rings. The topological polar surface area (TPSA) is 89.9 Å². The Morgan fingerprint density at radius 1 is 1.33 bits per heavy atom. The maximum absolute atomic E-state index is 11.8. The summed E-state index contributed by atoms with van der Waals surface area (Å²) >= 11 is 0. The highest BCUT2D eigenvalue weighted by molar-refractivity contribution is 5.74. The number of hydrogen-bond donors (Lipinski definition) is 3. The first-order chi connectivity index (χ1) is 8.23. The summed E-state index contributed by atoms with van der Waals surface area (Å²) in [5.41, 5.74) is -1.43. The lowest BCUT2D eigenvalue weighted by Crippen LogP contribution is -2.48. The fraction of sp³-hybridized carbons (Fsp3) is 0.833. The molecule has 0 aliphatic heterocycles. The summed E-state index contributed by atoms with van der Waals surface area (Å²) in [5.74, 6) is -1.09. The van der Waals surface area contributed by atoms with E-state index in [4.69, 9.17) is 5.11 Å². The predicted molar refractivity (Wildman–Crippen MR) is 68.4 cm³/mol. The number of carboxylic acids is 1. The van der Waals surface area contributed by atoms with Crippen LogP contribution >= 0.6 is 0 Å². The SMILES string of the molecule is CCC(CC)N(C)C(=O)NCC(C)(O)CC(=O)O. The summed E-state index contributed by atoms with van der Waals surface area (Å²) in [6.45, 7) is 5.30. The molecule has 0 aliphatic carbocycles. The van der Waals surface area contributed by atoms with Gasteiger partial charge in [-0.2, -0.15) is 0 Å². The molecule has 18 heavy (non-hydrogen) atoms. The molecule has 0 aromatic heterocycles. The van der Waals surface area contributed by atoms with E-state index in [0.717, 1.165) is 12.8 Å². The van der Waals surface area contributed by atoms with Gasteiger partial charge in [-0.25, -0.2) is 4.79 Å². The second kappa shape index (κ2) is 7.20. The normalized spacial score (nSPS) is 14.1. The number of carbonyl (C=O) groups excluding carboxylic acids is 1. The van der Waals surface area contributed by atoms with Gasteiger partial charge in [-0.15, -0.1) is 0 Å². The molecule has 0 saturated heterocycles. The Morgan fingerprint density at radius 2 is 1.83 bits per heavy atom. The highest BCUT2D eigenvalue weighted by Crippen LogP contribution is 2.09. The van der Waals surface area contributed by atoms with Crippen molar-refractivity contribution >= 4 is 12.0 Å². The van der Waals surface area contributed by atoms with Gasteiger partial charge in [0.05, 0.1) is 12.0 Å². The van der Waals surface area contributed by atoms with Crippen LogP contribution in [-0.2, 0) is 4.79 Å². The zero-order chi connectivity index (χ0) is 14.3. The number of amides is 2. The molecule has 0 bridgehead atoms. The predicted octanol–water partition coefficient (Wildman–Crippen LogP) is 1.04. The van der Waals surface area contributed by atoms with Crippen molar-refractivity contribution in [1.82, 2.24) is 10.2 Å². The number of hydrogen-bond acceptors (Lipinski definition) is 3. The largest absolute Gasteiger partial charge is 0.481 e. The van der Waals surface area contributed by atoms with Crippen molar-refractivity contribution in [2.75, 3.05) is 13.6 Å². The van der Waals surface area contributed by atoms with Crippen molar-refractivity contribution in [3.8, 4) is 0 Å². The number of nitrogens with zero attached hydrogens (tertiary/aromatic N) is 1. The van der Waals surface area contributed by atoms with Gasteiger partial charge in [0.25, 0.3) is 0 Å². The van der Waals surface area contributed by atoms with Crippen LogP contribution in [0.1, 0.15) is 40.0 Å². The Balaban J connectivity index is 4.28. The molecular weight excluding hydrogens is 236 g/mol. The Bertz CT molecular complexity index is 288. The van der Waals surface area contributed by atoms with E-state index < -0.39 is 18.0 Å². The monoisotopic (exact) mass is 260 g/mol. The van der Waals surface area contributed by atoms with Crippen LogP contribution in [0.3, 0.4) is 0 Å². The molecule has 6 heteroatoms. The number of carbonyl (C=O) groups is 2. The van der Waals surface area contributed by atoms with Crippen LogP contribution < -0.4 is 5.32 Å². The van der Waals surface area contributed by atoms with Gasteiger partial charge in [0, 0.05) is 19.6 Å². The van der Waals surface area contributed by atoms with Crippen molar-refractivity contribution in [3.05, 3.63) is 0 Å². The molecule has 0 rings (SSSR count). The van der Waals surface area contributed by atoms with Crippen LogP contribution in [0.5, 0.6) is 0 Å². The van der Waals surface area contributed by atoms with Crippen molar-refractivity contribution < 1.29 is 19.8 Å². The average molecular weight is 260 g/mol. The zero-order valence-corrected chi connectivity index (χ0v) is 11.6. The number of carboxylic acid groups (broad SMARTS) is 1. The molecule has 0 heterocycles. The Labute approximate surface area is 108 Å². The highest BCUT2D eigenvalue weighted by Gasteiger charge is 2.26. The van der Waals surface area contributed by atoms with Gasteiger partial charge >= 0.3 is 12.0 Å². The van der Waals surface area contributed by atoms with Gasteiger partial charge in [-0.3, -0.25) is 4.79 Å². The maximum Gasteiger partial charge on any atom is 0.317 e. The molecule has 106 valence electrons. The van der Waals surface area contributed by atoms with Crippen LogP contribution in [0.4, 0.5) is 4.79 Å². The zero-order valence-electron chi connectivity index (χ0n) is 11.6. The summed E-state index contributed by atoms with van der Waals surface area (Å²) in [6.07, 6.45) is 1.31. The van der Waals surface area contributed by atoms with Crippen LogP contribution in [-0.4, -0.2) is 52.3 Å². The molecule has 0 spiro atoms. The molecule has 6 nitrogen and oxygen atoms in total. The Kier molecular flexibility index (Phi) is 6.68. The van der Waals surface area contributed by atoms with E-state index in [1.165, 1.54) is 6.92 Å². The fourth-order valence-corrected chi connectivity index (χ4v) is 1.78. The molecule has 0 radical (unpaired) electrons. The van der Waals surface area contributed by atoms with Gasteiger partial charge in [0.1, 0.15) is 0 Å². The van der Waals surface area contributed by atoms with Gasteiger partial charge in [-0.05, 0) is 19.8 Å². The minimum atomic E-state index is -1.43. The minimum Gasteiger partial charge on any atom is -0.481 e. The van der Waals surface area contributed by atoms with Crippen LogP contribution in [0.2, 0.25) is 0 Å². The number of nitrogens with one attached hydrogen (secondary N) is 1. The van der Waals surface area contributed by atoms with E-state index in [1.807, 2.05) is 13.8 Å². The molecule has 0 saturated carbocycles. The number of aliphatic carboxylic acids is 1. The summed E-state index contributed by atoms with van der Waals surface area (Å²) in [6, 6.07) is -0.149. The second-order valence-corrected chi connectivity index (χ2v) is 4.81.